The van der Waals surface area contributed by atoms with E-state index in [0.717, 1.165) is 19.6 Å². The zero-order chi connectivity index (χ0) is 15.1. The lowest BCUT2D eigenvalue weighted by Gasteiger charge is -2.27. The first-order chi connectivity index (χ1) is 8.70. The van der Waals surface area contributed by atoms with E-state index < -0.39 is 11.5 Å². The molecule has 6 heteroatoms. The van der Waals surface area contributed by atoms with Gasteiger partial charge in [-0.3, -0.25) is 4.79 Å². The van der Waals surface area contributed by atoms with Gasteiger partial charge in [-0.05, 0) is 33.9 Å². The van der Waals surface area contributed by atoms with E-state index in [2.05, 4.69) is 29.4 Å². The smallest absolute Gasteiger partial charge is 0.315 e. The molecule has 0 fully saturated rings. The molecular formula is C13H27N3O3. The van der Waals surface area contributed by atoms with Crippen molar-refractivity contribution in [2.45, 2.75) is 52.6 Å². The number of hydrogen-bond acceptors (Lipinski definition) is 3. The number of carbonyl (C=O) groups excluding carboxylic acids is 1. The van der Waals surface area contributed by atoms with Gasteiger partial charge < -0.3 is 20.6 Å². The molecule has 0 rings (SSSR count). The van der Waals surface area contributed by atoms with E-state index in [1.165, 1.54) is 0 Å². The molecule has 2 amide bonds. The highest BCUT2D eigenvalue weighted by molar-refractivity contribution is 5.76. The zero-order valence-corrected chi connectivity index (χ0v) is 12.6. The van der Waals surface area contributed by atoms with Crippen molar-refractivity contribution in [3.05, 3.63) is 0 Å². The van der Waals surface area contributed by atoms with Crippen LogP contribution in [0.3, 0.4) is 0 Å². The molecule has 0 aromatic rings. The Hall–Kier alpha value is -1.30. The molecule has 0 radical (unpaired) electrons. The Labute approximate surface area is 115 Å². The van der Waals surface area contributed by atoms with Crippen LogP contribution in [-0.2, 0) is 4.79 Å². The van der Waals surface area contributed by atoms with Crippen molar-refractivity contribution in [3.63, 3.8) is 0 Å². The molecular weight excluding hydrogens is 246 g/mol. The molecule has 6 nitrogen and oxygen atoms in total. The first-order valence-electron chi connectivity index (χ1n) is 6.73. The fraction of sp³-hybridized carbons (Fsp3) is 0.846. The van der Waals surface area contributed by atoms with Gasteiger partial charge in [-0.2, -0.15) is 0 Å². The Balaban J connectivity index is 4.19. The predicted molar refractivity (Wildman–Crippen MR) is 75.2 cm³/mol. The Kier molecular flexibility index (Phi) is 7.44. The summed E-state index contributed by atoms with van der Waals surface area (Å²) in [5.74, 6) is -0.929. The number of urea groups is 1. The fourth-order valence-corrected chi connectivity index (χ4v) is 1.90. The van der Waals surface area contributed by atoms with Crippen LogP contribution in [0.1, 0.15) is 41.0 Å². The highest BCUT2D eigenvalue weighted by atomic mass is 16.4. The van der Waals surface area contributed by atoms with Gasteiger partial charge in [-0.1, -0.05) is 13.8 Å². The van der Waals surface area contributed by atoms with Crippen molar-refractivity contribution >= 4 is 12.0 Å². The number of amides is 2. The standard InChI is InChI=1S/C13H27N3O3/c1-6-16(7-2)9-10(3)14-12(19)15-13(4,5)8-11(17)18/h10H,6-9H2,1-5H3,(H,17,18)(H2,14,15,19). The topological polar surface area (TPSA) is 81.7 Å². The van der Waals surface area contributed by atoms with Gasteiger partial charge in [0, 0.05) is 18.1 Å². The summed E-state index contributed by atoms with van der Waals surface area (Å²) in [6.45, 7) is 12.1. The molecule has 0 aliphatic heterocycles. The van der Waals surface area contributed by atoms with Crippen LogP contribution < -0.4 is 10.6 Å². The number of carbonyl (C=O) groups is 2. The number of nitrogens with one attached hydrogen (secondary N) is 2. The molecule has 0 aromatic heterocycles. The number of carboxylic acids is 1. The molecule has 19 heavy (non-hydrogen) atoms. The maximum atomic E-state index is 11.8. The Morgan fingerprint density at radius 3 is 2.21 bits per heavy atom. The van der Waals surface area contributed by atoms with Crippen LogP contribution in [0.15, 0.2) is 0 Å². The summed E-state index contributed by atoms with van der Waals surface area (Å²) in [5.41, 5.74) is -0.759. The van der Waals surface area contributed by atoms with Crippen molar-refractivity contribution in [2.24, 2.45) is 0 Å². The Morgan fingerprint density at radius 1 is 1.26 bits per heavy atom. The quantitative estimate of drug-likeness (QED) is 0.622. The molecule has 112 valence electrons. The van der Waals surface area contributed by atoms with Crippen LogP contribution in [0.4, 0.5) is 4.79 Å². The molecule has 0 heterocycles. The second-order valence-electron chi connectivity index (χ2n) is 5.44. The van der Waals surface area contributed by atoms with Crippen LogP contribution in [0.5, 0.6) is 0 Å². The van der Waals surface area contributed by atoms with Crippen molar-refractivity contribution in [1.29, 1.82) is 0 Å². The van der Waals surface area contributed by atoms with E-state index in [0.29, 0.717) is 0 Å². The third-order valence-corrected chi connectivity index (χ3v) is 2.85. The third-order valence-electron chi connectivity index (χ3n) is 2.85. The highest BCUT2D eigenvalue weighted by Gasteiger charge is 2.24. The first kappa shape index (κ1) is 17.7. The largest absolute Gasteiger partial charge is 0.481 e. The highest BCUT2D eigenvalue weighted by Crippen LogP contribution is 2.07. The molecule has 0 bridgehead atoms. The molecule has 0 saturated heterocycles. The molecule has 0 aliphatic carbocycles. The second kappa shape index (κ2) is 7.99. The number of hydrogen-bond donors (Lipinski definition) is 3. The second-order valence-corrected chi connectivity index (χ2v) is 5.44. The molecule has 1 atom stereocenters. The van der Waals surface area contributed by atoms with E-state index in [1.807, 2.05) is 6.92 Å². The van der Waals surface area contributed by atoms with Crippen molar-refractivity contribution in [1.82, 2.24) is 15.5 Å². The number of carboxylic acid groups (broad SMARTS) is 1. The van der Waals surface area contributed by atoms with E-state index in [4.69, 9.17) is 5.11 Å². The van der Waals surface area contributed by atoms with Crippen LogP contribution in [0, 0.1) is 0 Å². The van der Waals surface area contributed by atoms with Crippen molar-refractivity contribution < 1.29 is 14.7 Å². The van der Waals surface area contributed by atoms with E-state index >= 15 is 0 Å². The number of aliphatic carboxylic acids is 1. The maximum Gasteiger partial charge on any atom is 0.315 e. The summed E-state index contributed by atoms with van der Waals surface area (Å²) in [6, 6.07) is -0.313. The SMILES string of the molecule is CCN(CC)CC(C)NC(=O)NC(C)(C)CC(=O)O. The summed E-state index contributed by atoms with van der Waals surface area (Å²) in [4.78, 5) is 24.7. The first-order valence-corrected chi connectivity index (χ1v) is 6.73. The van der Waals surface area contributed by atoms with Crippen LogP contribution >= 0.6 is 0 Å². The van der Waals surface area contributed by atoms with E-state index in [1.54, 1.807) is 13.8 Å². The lowest BCUT2D eigenvalue weighted by atomic mass is 10.0. The van der Waals surface area contributed by atoms with Crippen LogP contribution in [0.2, 0.25) is 0 Å². The monoisotopic (exact) mass is 273 g/mol. The summed E-state index contributed by atoms with van der Waals surface area (Å²) in [5, 5.41) is 14.3. The minimum atomic E-state index is -0.929. The average Bonchev–Trinajstić information content (AvgIpc) is 2.22. The van der Waals surface area contributed by atoms with E-state index in [-0.39, 0.29) is 18.5 Å². The van der Waals surface area contributed by atoms with E-state index in [9.17, 15) is 9.59 Å². The molecule has 0 aliphatic rings. The molecule has 0 aromatic carbocycles. The Morgan fingerprint density at radius 2 is 1.79 bits per heavy atom. The van der Waals surface area contributed by atoms with Crippen molar-refractivity contribution in [2.75, 3.05) is 19.6 Å². The maximum absolute atomic E-state index is 11.8. The zero-order valence-electron chi connectivity index (χ0n) is 12.6. The molecule has 0 spiro atoms. The van der Waals surface area contributed by atoms with Gasteiger partial charge in [0.2, 0.25) is 0 Å². The average molecular weight is 273 g/mol. The van der Waals surface area contributed by atoms with Gasteiger partial charge in [0.15, 0.2) is 0 Å². The minimum absolute atomic E-state index is 0.0144. The number of likely N-dealkylation sites (N-methyl/N-ethyl adjacent to an activating group) is 1. The van der Waals surface area contributed by atoms with Gasteiger partial charge >= 0.3 is 12.0 Å². The third kappa shape index (κ3) is 8.42. The minimum Gasteiger partial charge on any atom is -0.481 e. The summed E-state index contributed by atoms with van der Waals surface area (Å²) >= 11 is 0. The molecule has 3 N–H and O–H groups in total. The van der Waals surface area contributed by atoms with Gasteiger partial charge in [0.25, 0.3) is 0 Å². The summed E-state index contributed by atoms with van der Waals surface area (Å²) < 4.78 is 0. The fourth-order valence-electron chi connectivity index (χ4n) is 1.90. The summed E-state index contributed by atoms with van der Waals surface area (Å²) in [7, 11) is 0. The molecule has 1 unspecified atom stereocenters. The Bertz CT molecular complexity index is 302. The van der Waals surface area contributed by atoms with Crippen molar-refractivity contribution in [3.8, 4) is 0 Å². The summed E-state index contributed by atoms with van der Waals surface area (Å²) in [6.07, 6.45) is -0.106. The number of rotatable bonds is 8. The van der Waals surface area contributed by atoms with Gasteiger partial charge in [0.1, 0.15) is 0 Å². The van der Waals surface area contributed by atoms with Gasteiger partial charge in [0.05, 0.1) is 6.42 Å². The number of nitrogens with zero attached hydrogens (tertiary/aromatic N) is 1. The molecule has 0 saturated carbocycles. The van der Waals surface area contributed by atoms with Gasteiger partial charge in [-0.15, -0.1) is 0 Å². The lowest BCUT2D eigenvalue weighted by molar-refractivity contribution is -0.138. The lowest BCUT2D eigenvalue weighted by Crippen LogP contribution is -2.53. The normalized spacial score (nSPS) is 13.2. The van der Waals surface area contributed by atoms with Gasteiger partial charge in [-0.25, -0.2) is 4.79 Å². The van der Waals surface area contributed by atoms with Crippen LogP contribution in [0.25, 0.3) is 0 Å². The predicted octanol–water partition coefficient (Wildman–Crippen LogP) is 1.27. The van der Waals surface area contributed by atoms with Crippen LogP contribution in [-0.4, -0.2) is 53.2 Å².